The number of amides is 2. The van der Waals surface area contributed by atoms with Gasteiger partial charge in [0.2, 0.25) is 11.8 Å². The van der Waals surface area contributed by atoms with E-state index in [1.165, 1.54) is 23.1 Å². The van der Waals surface area contributed by atoms with Crippen LogP contribution in [0.1, 0.15) is 19.8 Å². The Hall–Kier alpha value is -2.06. The van der Waals surface area contributed by atoms with Crippen LogP contribution in [-0.2, 0) is 9.59 Å². The normalized spacial score (nSPS) is 10.6. The number of carbonyl (C=O) groups excluding carboxylic acids is 2. The van der Waals surface area contributed by atoms with Crippen molar-refractivity contribution in [1.82, 2.24) is 4.98 Å². The fourth-order valence-electron chi connectivity index (χ4n) is 2.54. The minimum absolute atomic E-state index is 0.0000132. The van der Waals surface area contributed by atoms with Crippen LogP contribution in [-0.4, -0.2) is 22.6 Å². The molecule has 5 nitrogen and oxygen atoms in total. The second-order valence-corrected chi connectivity index (χ2v) is 9.07. The standard InChI is InChI=1S/C21H19Cl2N3O2S2/c1-2-3-19(27)24-14-5-7-15(8-6-14)29-12-20(28)26-21-25-18(11-30-21)16-9-4-13(22)10-17(16)23/h4-11H,2-3,12H2,1H3,(H,24,27)(H,25,26,28). The van der Waals surface area contributed by atoms with Gasteiger partial charge in [0.25, 0.3) is 0 Å². The van der Waals surface area contributed by atoms with Crippen molar-refractivity contribution in [2.24, 2.45) is 0 Å². The number of nitrogens with one attached hydrogen (secondary N) is 2. The maximum absolute atomic E-state index is 12.3. The highest BCUT2D eigenvalue weighted by molar-refractivity contribution is 8.00. The van der Waals surface area contributed by atoms with Crippen molar-refractivity contribution >= 4 is 68.9 Å². The van der Waals surface area contributed by atoms with Gasteiger partial charge in [-0.2, -0.15) is 0 Å². The number of hydrogen-bond acceptors (Lipinski definition) is 5. The maximum atomic E-state index is 12.3. The molecule has 0 saturated carbocycles. The van der Waals surface area contributed by atoms with E-state index in [9.17, 15) is 9.59 Å². The Balaban J connectivity index is 1.51. The van der Waals surface area contributed by atoms with Gasteiger partial charge in [-0.3, -0.25) is 9.59 Å². The minimum atomic E-state index is -0.150. The highest BCUT2D eigenvalue weighted by Gasteiger charge is 2.11. The minimum Gasteiger partial charge on any atom is -0.326 e. The summed E-state index contributed by atoms with van der Waals surface area (Å²) in [6.07, 6.45) is 1.31. The molecule has 1 aromatic heterocycles. The quantitative estimate of drug-likeness (QED) is 0.357. The van der Waals surface area contributed by atoms with Gasteiger partial charge in [0.1, 0.15) is 0 Å². The number of benzene rings is 2. The molecule has 156 valence electrons. The number of aromatic nitrogens is 1. The van der Waals surface area contributed by atoms with E-state index >= 15 is 0 Å². The van der Waals surface area contributed by atoms with Crippen molar-refractivity contribution in [3.05, 3.63) is 57.9 Å². The van der Waals surface area contributed by atoms with E-state index in [1.54, 1.807) is 18.2 Å². The summed E-state index contributed by atoms with van der Waals surface area (Å²) < 4.78 is 0. The Morgan fingerprint density at radius 2 is 1.83 bits per heavy atom. The molecule has 2 aromatic carbocycles. The van der Waals surface area contributed by atoms with Crippen LogP contribution >= 0.6 is 46.3 Å². The van der Waals surface area contributed by atoms with E-state index < -0.39 is 0 Å². The summed E-state index contributed by atoms with van der Waals surface area (Å²) in [6, 6.07) is 12.6. The largest absolute Gasteiger partial charge is 0.326 e. The summed E-state index contributed by atoms with van der Waals surface area (Å²) in [5.41, 5.74) is 2.20. The third-order valence-electron chi connectivity index (χ3n) is 3.94. The van der Waals surface area contributed by atoms with Crippen LogP contribution in [0.25, 0.3) is 11.3 Å². The molecule has 0 saturated heterocycles. The molecule has 0 aliphatic heterocycles. The average Bonchev–Trinajstić information content (AvgIpc) is 3.15. The molecule has 0 aliphatic carbocycles. The lowest BCUT2D eigenvalue weighted by molar-refractivity contribution is -0.116. The molecule has 0 atom stereocenters. The average molecular weight is 480 g/mol. The van der Waals surface area contributed by atoms with Gasteiger partial charge < -0.3 is 10.6 Å². The van der Waals surface area contributed by atoms with Gasteiger partial charge in [0.15, 0.2) is 5.13 Å². The third-order valence-corrected chi connectivity index (χ3v) is 6.26. The summed E-state index contributed by atoms with van der Waals surface area (Å²) in [4.78, 5) is 29.3. The van der Waals surface area contributed by atoms with E-state index in [1.807, 2.05) is 36.6 Å². The first-order valence-corrected chi connectivity index (χ1v) is 11.8. The fraction of sp³-hybridized carbons (Fsp3) is 0.190. The Morgan fingerprint density at radius 3 is 2.53 bits per heavy atom. The molecule has 2 N–H and O–H groups in total. The number of carbonyl (C=O) groups is 2. The third kappa shape index (κ3) is 6.47. The first-order valence-electron chi connectivity index (χ1n) is 9.18. The molecule has 1 heterocycles. The molecule has 9 heteroatoms. The monoisotopic (exact) mass is 479 g/mol. The number of hydrogen-bond donors (Lipinski definition) is 2. The number of nitrogens with zero attached hydrogens (tertiary/aromatic N) is 1. The zero-order valence-corrected chi connectivity index (χ0v) is 19.2. The Kier molecular flexibility index (Phi) is 8.16. The van der Waals surface area contributed by atoms with Crippen LogP contribution in [0.5, 0.6) is 0 Å². The number of thioether (sulfide) groups is 1. The first kappa shape index (κ1) is 22.6. The maximum Gasteiger partial charge on any atom is 0.236 e. The van der Waals surface area contributed by atoms with Crippen molar-refractivity contribution in [3.8, 4) is 11.3 Å². The molecule has 0 spiro atoms. The highest BCUT2D eigenvalue weighted by Crippen LogP contribution is 2.32. The molecular weight excluding hydrogens is 461 g/mol. The smallest absolute Gasteiger partial charge is 0.236 e. The molecular formula is C21H19Cl2N3O2S2. The van der Waals surface area contributed by atoms with Gasteiger partial charge in [0, 0.05) is 33.0 Å². The molecule has 30 heavy (non-hydrogen) atoms. The summed E-state index contributed by atoms with van der Waals surface area (Å²) in [6.45, 7) is 1.96. The summed E-state index contributed by atoms with van der Waals surface area (Å²) in [5, 5.41) is 9.06. The summed E-state index contributed by atoms with van der Waals surface area (Å²) >= 11 is 14.9. The van der Waals surface area contributed by atoms with Crippen LogP contribution in [0.15, 0.2) is 52.7 Å². The van der Waals surface area contributed by atoms with Gasteiger partial charge in [-0.05, 0) is 48.9 Å². The molecule has 0 fully saturated rings. The van der Waals surface area contributed by atoms with Gasteiger partial charge in [-0.1, -0.05) is 30.1 Å². The predicted octanol–water partition coefficient (Wildman–Crippen LogP) is 6.59. The van der Waals surface area contributed by atoms with E-state index in [4.69, 9.17) is 23.2 Å². The lowest BCUT2D eigenvalue weighted by Crippen LogP contribution is -2.13. The first-order chi connectivity index (χ1) is 14.4. The summed E-state index contributed by atoms with van der Waals surface area (Å²) in [5.74, 6) is 0.0986. The van der Waals surface area contributed by atoms with Crippen LogP contribution < -0.4 is 10.6 Å². The fourth-order valence-corrected chi connectivity index (χ4v) is 4.47. The highest BCUT2D eigenvalue weighted by atomic mass is 35.5. The van der Waals surface area contributed by atoms with Crippen molar-refractivity contribution in [2.45, 2.75) is 24.7 Å². The zero-order chi connectivity index (χ0) is 21.5. The Bertz CT molecular complexity index is 1040. The zero-order valence-electron chi connectivity index (χ0n) is 16.1. The topological polar surface area (TPSA) is 71.1 Å². The lowest BCUT2D eigenvalue weighted by atomic mass is 10.2. The number of anilines is 2. The molecule has 3 aromatic rings. The number of halogens is 2. The summed E-state index contributed by atoms with van der Waals surface area (Å²) in [7, 11) is 0. The molecule has 0 radical (unpaired) electrons. The van der Waals surface area contributed by atoms with Crippen LogP contribution in [0.2, 0.25) is 10.0 Å². The van der Waals surface area contributed by atoms with Crippen molar-refractivity contribution in [1.29, 1.82) is 0 Å². The van der Waals surface area contributed by atoms with E-state index in [0.29, 0.717) is 27.3 Å². The second kappa shape index (κ2) is 10.8. The number of thiazole rings is 1. The van der Waals surface area contributed by atoms with E-state index in [2.05, 4.69) is 15.6 Å². The van der Waals surface area contributed by atoms with Crippen LogP contribution in [0, 0.1) is 0 Å². The Labute approximate surface area is 193 Å². The molecule has 0 unspecified atom stereocenters. The van der Waals surface area contributed by atoms with E-state index in [-0.39, 0.29) is 17.6 Å². The lowest BCUT2D eigenvalue weighted by Gasteiger charge is -2.06. The Morgan fingerprint density at radius 1 is 1.07 bits per heavy atom. The van der Waals surface area contributed by atoms with Crippen molar-refractivity contribution < 1.29 is 9.59 Å². The van der Waals surface area contributed by atoms with Crippen molar-refractivity contribution in [3.63, 3.8) is 0 Å². The van der Waals surface area contributed by atoms with E-state index in [0.717, 1.165) is 22.6 Å². The molecule has 0 bridgehead atoms. The van der Waals surface area contributed by atoms with Crippen LogP contribution in [0.3, 0.4) is 0 Å². The van der Waals surface area contributed by atoms with Crippen molar-refractivity contribution in [2.75, 3.05) is 16.4 Å². The van der Waals surface area contributed by atoms with Crippen LogP contribution in [0.4, 0.5) is 10.8 Å². The second-order valence-electron chi connectivity index (χ2n) is 6.32. The molecule has 2 amide bonds. The van der Waals surface area contributed by atoms with Gasteiger partial charge >= 0.3 is 0 Å². The molecule has 0 aliphatic rings. The van der Waals surface area contributed by atoms with Gasteiger partial charge in [-0.25, -0.2) is 4.98 Å². The predicted molar refractivity (Wildman–Crippen MR) is 127 cm³/mol. The van der Waals surface area contributed by atoms with Gasteiger partial charge in [0.05, 0.1) is 16.5 Å². The number of rotatable bonds is 8. The molecule has 3 rings (SSSR count). The van der Waals surface area contributed by atoms with Gasteiger partial charge in [-0.15, -0.1) is 23.1 Å². The SMILES string of the molecule is CCCC(=O)Nc1ccc(SCC(=O)Nc2nc(-c3ccc(Cl)cc3Cl)cs2)cc1.